The van der Waals surface area contributed by atoms with Crippen molar-refractivity contribution >= 4 is 28.8 Å². The van der Waals surface area contributed by atoms with Crippen molar-refractivity contribution in [2.45, 2.75) is 26.8 Å². The second-order valence-electron chi connectivity index (χ2n) is 7.63. The van der Waals surface area contributed by atoms with Crippen molar-refractivity contribution in [3.63, 3.8) is 0 Å². The minimum atomic E-state index is -0.384. The SMILES string of the molecule is CC[NH+]1CCN(c2ccc(N[C@@H](C)C(=O)Nc3ccc(C(C)=O)cc3)cc2)CC1. The number of rotatable bonds is 7. The molecule has 0 unspecified atom stereocenters. The Bertz CT molecular complexity index is 825. The summed E-state index contributed by atoms with van der Waals surface area (Å²) < 4.78 is 0. The molecule has 1 amide bonds. The lowest BCUT2D eigenvalue weighted by atomic mass is 10.1. The van der Waals surface area contributed by atoms with Crippen molar-refractivity contribution in [2.24, 2.45) is 0 Å². The van der Waals surface area contributed by atoms with Crippen molar-refractivity contribution in [2.75, 3.05) is 48.3 Å². The van der Waals surface area contributed by atoms with Gasteiger partial charge in [-0.2, -0.15) is 0 Å². The summed E-state index contributed by atoms with van der Waals surface area (Å²) in [6, 6.07) is 14.8. The largest absolute Gasteiger partial charge is 0.374 e. The fraction of sp³-hybridized carbons (Fsp3) is 0.391. The predicted molar refractivity (Wildman–Crippen MR) is 118 cm³/mol. The van der Waals surface area contributed by atoms with Gasteiger partial charge in [0.05, 0.1) is 32.7 Å². The Morgan fingerprint density at radius 1 is 1.00 bits per heavy atom. The van der Waals surface area contributed by atoms with E-state index < -0.39 is 0 Å². The highest BCUT2D eigenvalue weighted by Crippen LogP contribution is 2.19. The quantitative estimate of drug-likeness (QED) is 0.628. The number of likely N-dealkylation sites (N-methyl/N-ethyl adjacent to an activating group) is 1. The van der Waals surface area contributed by atoms with Gasteiger partial charge in [-0.05, 0) is 69.3 Å². The Morgan fingerprint density at radius 2 is 1.59 bits per heavy atom. The zero-order chi connectivity index (χ0) is 20.8. The Labute approximate surface area is 172 Å². The number of ketones is 1. The summed E-state index contributed by atoms with van der Waals surface area (Å²) in [4.78, 5) is 27.9. The molecular formula is C23H31N4O2+. The van der Waals surface area contributed by atoms with Crippen molar-refractivity contribution in [1.29, 1.82) is 0 Å². The average molecular weight is 396 g/mol. The first kappa shape index (κ1) is 20.9. The molecule has 2 aromatic rings. The van der Waals surface area contributed by atoms with Crippen LogP contribution in [-0.4, -0.2) is 50.5 Å². The van der Waals surface area contributed by atoms with Crippen molar-refractivity contribution < 1.29 is 14.5 Å². The molecule has 6 nitrogen and oxygen atoms in total. The molecule has 0 aromatic heterocycles. The van der Waals surface area contributed by atoms with Gasteiger partial charge in [0.1, 0.15) is 6.04 Å². The Kier molecular flexibility index (Phi) is 6.88. The first-order valence-corrected chi connectivity index (χ1v) is 10.3. The summed E-state index contributed by atoms with van der Waals surface area (Å²) in [6.07, 6.45) is 0. The summed E-state index contributed by atoms with van der Waals surface area (Å²) in [6.45, 7) is 11.3. The zero-order valence-corrected chi connectivity index (χ0v) is 17.5. The number of amides is 1. The monoisotopic (exact) mass is 395 g/mol. The molecule has 2 aromatic carbocycles. The molecule has 0 saturated carbocycles. The Hall–Kier alpha value is -2.86. The summed E-state index contributed by atoms with van der Waals surface area (Å²) >= 11 is 0. The molecule has 3 rings (SSSR count). The van der Waals surface area contributed by atoms with Crippen LogP contribution in [0.1, 0.15) is 31.1 Å². The zero-order valence-electron chi connectivity index (χ0n) is 17.5. The first-order chi connectivity index (χ1) is 14.0. The predicted octanol–water partition coefficient (Wildman–Crippen LogP) is 2.05. The van der Waals surface area contributed by atoms with Crippen molar-refractivity contribution in [3.05, 3.63) is 54.1 Å². The fourth-order valence-corrected chi connectivity index (χ4v) is 3.56. The second kappa shape index (κ2) is 9.56. The van der Waals surface area contributed by atoms with E-state index in [1.54, 1.807) is 29.2 Å². The topological polar surface area (TPSA) is 65.9 Å². The number of benzene rings is 2. The van der Waals surface area contributed by atoms with Crippen molar-refractivity contribution in [1.82, 2.24) is 0 Å². The molecule has 1 heterocycles. The first-order valence-electron chi connectivity index (χ1n) is 10.3. The number of carbonyl (C=O) groups is 2. The lowest BCUT2D eigenvalue weighted by Gasteiger charge is -2.33. The number of Topliss-reactive ketones (excluding diaryl/α,β-unsaturated/α-hetero) is 1. The highest BCUT2D eigenvalue weighted by atomic mass is 16.2. The molecule has 0 bridgehead atoms. The molecule has 0 radical (unpaired) electrons. The number of carbonyl (C=O) groups excluding carboxylic acids is 2. The van der Waals surface area contributed by atoms with E-state index in [-0.39, 0.29) is 17.7 Å². The van der Waals surface area contributed by atoms with Crippen LogP contribution in [0.15, 0.2) is 48.5 Å². The normalized spacial score (nSPS) is 15.6. The molecule has 1 aliphatic rings. The van der Waals surface area contributed by atoms with E-state index in [2.05, 4.69) is 34.6 Å². The maximum Gasteiger partial charge on any atom is 0.246 e. The van der Waals surface area contributed by atoms with Crippen LogP contribution in [0.5, 0.6) is 0 Å². The van der Waals surface area contributed by atoms with E-state index in [4.69, 9.17) is 0 Å². The minimum Gasteiger partial charge on any atom is -0.374 e. The van der Waals surface area contributed by atoms with Gasteiger partial charge < -0.3 is 20.4 Å². The molecule has 3 N–H and O–H groups in total. The number of piperazine rings is 1. The molecule has 0 spiro atoms. The van der Waals surface area contributed by atoms with Crippen molar-refractivity contribution in [3.8, 4) is 0 Å². The number of hydrogen-bond acceptors (Lipinski definition) is 4. The van der Waals surface area contributed by atoms with Gasteiger partial charge in [0.15, 0.2) is 5.78 Å². The van der Waals surface area contributed by atoms with E-state index in [1.807, 2.05) is 19.1 Å². The summed E-state index contributed by atoms with van der Waals surface area (Å²) in [5.74, 6) is -0.113. The third-order valence-electron chi connectivity index (χ3n) is 5.54. The molecule has 1 saturated heterocycles. The van der Waals surface area contributed by atoms with Gasteiger partial charge in [-0.1, -0.05) is 0 Å². The van der Waals surface area contributed by atoms with Gasteiger partial charge in [-0.25, -0.2) is 0 Å². The lowest BCUT2D eigenvalue weighted by molar-refractivity contribution is -0.898. The molecule has 1 aliphatic heterocycles. The van der Waals surface area contributed by atoms with Crippen LogP contribution in [0.2, 0.25) is 0 Å². The summed E-state index contributed by atoms with van der Waals surface area (Å²) in [5.41, 5.74) is 3.46. The van der Waals surface area contributed by atoms with Gasteiger partial charge in [0.2, 0.25) is 5.91 Å². The van der Waals surface area contributed by atoms with Crippen LogP contribution >= 0.6 is 0 Å². The maximum atomic E-state index is 12.5. The summed E-state index contributed by atoms with van der Waals surface area (Å²) in [7, 11) is 0. The number of quaternary nitrogens is 1. The molecule has 0 aliphatic carbocycles. The Balaban J connectivity index is 1.52. The molecule has 154 valence electrons. The molecule has 6 heteroatoms. The van der Waals surface area contributed by atoms with Crippen LogP contribution in [0.25, 0.3) is 0 Å². The Morgan fingerprint density at radius 3 is 2.14 bits per heavy atom. The third-order valence-corrected chi connectivity index (χ3v) is 5.54. The van der Waals surface area contributed by atoms with Gasteiger partial charge in [-0.3, -0.25) is 9.59 Å². The number of nitrogens with one attached hydrogen (secondary N) is 3. The highest BCUT2D eigenvalue weighted by Gasteiger charge is 2.19. The second-order valence-corrected chi connectivity index (χ2v) is 7.63. The van der Waals surface area contributed by atoms with E-state index in [9.17, 15) is 9.59 Å². The van der Waals surface area contributed by atoms with Gasteiger partial charge in [0, 0.05) is 22.6 Å². The average Bonchev–Trinajstić information content (AvgIpc) is 2.74. The van der Waals surface area contributed by atoms with Gasteiger partial charge >= 0.3 is 0 Å². The lowest BCUT2D eigenvalue weighted by Crippen LogP contribution is -3.14. The smallest absolute Gasteiger partial charge is 0.246 e. The number of nitrogens with zero attached hydrogens (tertiary/aromatic N) is 1. The molecule has 29 heavy (non-hydrogen) atoms. The van der Waals surface area contributed by atoms with Crippen LogP contribution in [0.4, 0.5) is 17.1 Å². The van der Waals surface area contributed by atoms with Gasteiger partial charge in [-0.15, -0.1) is 0 Å². The van der Waals surface area contributed by atoms with E-state index >= 15 is 0 Å². The molecule has 1 fully saturated rings. The van der Waals surface area contributed by atoms with E-state index in [0.29, 0.717) is 11.3 Å². The standard InChI is InChI=1S/C23H30N4O2/c1-4-26-13-15-27(16-14-26)22-11-9-20(10-12-22)24-17(2)23(29)25-21-7-5-19(6-8-21)18(3)28/h5-12,17,24H,4,13-16H2,1-3H3,(H,25,29)/p+1/t17-/m0/s1. The van der Waals surface area contributed by atoms with E-state index in [1.165, 1.54) is 32.2 Å². The van der Waals surface area contributed by atoms with Crippen LogP contribution in [-0.2, 0) is 4.79 Å². The third kappa shape index (κ3) is 5.57. The van der Waals surface area contributed by atoms with Crippen LogP contribution in [0.3, 0.4) is 0 Å². The maximum absolute atomic E-state index is 12.5. The number of hydrogen-bond donors (Lipinski definition) is 3. The van der Waals surface area contributed by atoms with Crippen LogP contribution in [0, 0.1) is 0 Å². The minimum absolute atomic E-state index is 0.00912. The molecule has 1 atom stereocenters. The van der Waals surface area contributed by atoms with Gasteiger partial charge in [0.25, 0.3) is 0 Å². The number of anilines is 3. The molecular weight excluding hydrogens is 364 g/mol. The van der Waals surface area contributed by atoms with E-state index in [0.717, 1.165) is 18.8 Å². The van der Waals surface area contributed by atoms with Crippen LogP contribution < -0.4 is 20.4 Å². The summed E-state index contributed by atoms with van der Waals surface area (Å²) in [5, 5.41) is 6.13. The highest BCUT2D eigenvalue weighted by molar-refractivity contribution is 5.97. The fourth-order valence-electron chi connectivity index (χ4n) is 3.56.